The summed E-state index contributed by atoms with van der Waals surface area (Å²) in [6, 6.07) is 5.11. The van der Waals surface area contributed by atoms with Gasteiger partial charge < -0.3 is 25.2 Å². The molecular formula is C28H42N4O5. The van der Waals surface area contributed by atoms with Crippen LogP contribution >= 0.6 is 0 Å². The molecule has 9 nitrogen and oxygen atoms in total. The van der Waals surface area contributed by atoms with E-state index in [1.54, 1.807) is 25.7 Å². The van der Waals surface area contributed by atoms with Crippen LogP contribution in [0.15, 0.2) is 18.2 Å². The highest BCUT2D eigenvalue weighted by Gasteiger charge is 2.44. The average Bonchev–Trinajstić information content (AvgIpc) is 3.20. The number of hydrogen-bond acceptors (Lipinski definition) is 5. The highest BCUT2D eigenvalue weighted by molar-refractivity contribution is 5.90. The molecule has 2 heterocycles. The second-order valence-corrected chi connectivity index (χ2v) is 11.6. The predicted octanol–water partition coefficient (Wildman–Crippen LogP) is 3.78. The van der Waals surface area contributed by atoms with Crippen molar-refractivity contribution in [3.05, 3.63) is 29.3 Å². The molecule has 0 aliphatic carbocycles. The van der Waals surface area contributed by atoms with E-state index in [-0.39, 0.29) is 42.1 Å². The van der Waals surface area contributed by atoms with Crippen molar-refractivity contribution < 1.29 is 23.9 Å². The molecule has 1 atom stereocenters. The third-order valence-electron chi connectivity index (χ3n) is 7.22. The molecule has 2 fully saturated rings. The van der Waals surface area contributed by atoms with Gasteiger partial charge in [-0.15, -0.1) is 0 Å². The Hall–Kier alpha value is -3.10. The van der Waals surface area contributed by atoms with Gasteiger partial charge in [-0.05, 0) is 77.3 Å². The standard InChI is InChI=1S/C28H42N4O5/c1-19-7-8-22(20(2)17-19)30-26(36)31-14-11-28(12-15-31)13-16-32(18-28)25(35)23(29-21(3)33)9-10-24(34)37-27(4,5)6/h7-8,17,23H,9-16,18H2,1-6H3,(H,29,33)(H,30,36). The van der Waals surface area contributed by atoms with E-state index >= 15 is 0 Å². The molecule has 4 amide bonds. The van der Waals surface area contributed by atoms with E-state index in [9.17, 15) is 19.2 Å². The van der Waals surface area contributed by atoms with Crippen LogP contribution in [0, 0.1) is 19.3 Å². The molecule has 9 heteroatoms. The summed E-state index contributed by atoms with van der Waals surface area (Å²) in [4.78, 5) is 53.8. The number of carbonyl (C=O) groups is 4. The molecule has 1 aromatic rings. The minimum atomic E-state index is -0.760. The van der Waals surface area contributed by atoms with E-state index in [2.05, 4.69) is 10.6 Å². The lowest BCUT2D eigenvalue weighted by atomic mass is 9.78. The molecule has 0 aromatic heterocycles. The molecule has 1 aromatic carbocycles. The first-order valence-electron chi connectivity index (χ1n) is 13.2. The summed E-state index contributed by atoms with van der Waals surface area (Å²) in [5.74, 6) is -0.856. The van der Waals surface area contributed by atoms with Gasteiger partial charge >= 0.3 is 12.0 Å². The predicted molar refractivity (Wildman–Crippen MR) is 142 cm³/mol. The number of amides is 4. The monoisotopic (exact) mass is 514 g/mol. The lowest BCUT2D eigenvalue weighted by molar-refractivity contribution is -0.155. The first kappa shape index (κ1) is 28.5. The number of carbonyl (C=O) groups excluding carboxylic acids is 4. The molecule has 3 rings (SSSR count). The molecule has 1 unspecified atom stereocenters. The van der Waals surface area contributed by atoms with Crippen molar-refractivity contribution in [2.45, 2.75) is 85.3 Å². The van der Waals surface area contributed by atoms with Gasteiger partial charge in [0, 0.05) is 45.2 Å². The molecule has 0 saturated carbocycles. The van der Waals surface area contributed by atoms with E-state index in [0.29, 0.717) is 26.2 Å². The smallest absolute Gasteiger partial charge is 0.321 e. The summed E-state index contributed by atoms with van der Waals surface area (Å²) in [5.41, 5.74) is 2.38. The van der Waals surface area contributed by atoms with Crippen LogP contribution in [-0.4, -0.2) is 71.4 Å². The van der Waals surface area contributed by atoms with Crippen LogP contribution in [0.3, 0.4) is 0 Å². The first-order chi connectivity index (χ1) is 17.3. The number of esters is 1. The number of ether oxygens (including phenoxy) is 1. The lowest BCUT2D eigenvalue weighted by Crippen LogP contribution is -2.49. The Morgan fingerprint density at radius 3 is 2.22 bits per heavy atom. The Balaban J connectivity index is 1.54. The number of nitrogens with one attached hydrogen (secondary N) is 2. The third kappa shape index (κ3) is 7.94. The maximum absolute atomic E-state index is 13.3. The van der Waals surface area contributed by atoms with Crippen LogP contribution in [0.1, 0.15) is 70.9 Å². The van der Waals surface area contributed by atoms with Crippen LogP contribution < -0.4 is 10.6 Å². The van der Waals surface area contributed by atoms with Crippen molar-refractivity contribution in [1.82, 2.24) is 15.1 Å². The van der Waals surface area contributed by atoms with E-state index in [1.807, 2.05) is 36.9 Å². The molecule has 0 bridgehead atoms. The molecule has 2 aliphatic rings. The highest BCUT2D eigenvalue weighted by atomic mass is 16.6. The van der Waals surface area contributed by atoms with E-state index < -0.39 is 11.6 Å². The van der Waals surface area contributed by atoms with Crippen molar-refractivity contribution in [2.75, 3.05) is 31.5 Å². The Kier molecular flexibility index (Phi) is 8.87. The zero-order chi connectivity index (χ0) is 27.4. The van der Waals surface area contributed by atoms with Crippen LogP contribution in [0.2, 0.25) is 0 Å². The zero-order valence-corrected chi connectivity index (χ0v) is 23.1. The fourth-order valence-electron chi connectivity index (χ4n) is 5.24. The fraction of sp³-hybridized carbons (Fsp3) is 0.643. The first-order valence-corrected chi connectivity index (χ1v) is 13.2. The number of anilines is 1. The van der Waals surface area contributed by atoms with Gasteiger partial charge in [0.15, 0.2) is 0 Å². The van der Waals surface area contributed by atoms with Gasteiger partial charge in [0.05, 0.1) is 0 Å². The minimum Gasteiger partial charge on any atom is -0.460 e. The number of likely N-dealkylation sites (tertiary alicyclic amines) is 2. The number of piperidine rings is 1. The Labute approximate surface area is 220 Å². The molecule has 1 spiro atoms. The van der Waals surface area contributed by atoms with Gasteiger partial charge in [-0.3, -0.25) is 14.4 Å². The Morgan fingerprint density at radius 1 is 1.03 bits per heavy atom. The fourth-order valence-corrected chi connectivity index (χ4v) is 5.24. The number of benzene rings is 1. The number of rotatable bonds is 6. The highest BCUT2D eigenvalue weighted by Crippen LogP contribution is 2.40. The third-order valence-corrected chi connectivity index (χ3v) is 7.22. The molecular weight excluding hydrogens is 472 g/mol. The topological polar surface area (TPSA) is 108 Å². The summed E-state index contributed by atoms with van der Waals surface area (Å²) < 4.78 is 5.35. The summed E-state index contributed by atoms with van der Waals surface area (Å²) in [7, 11) is 0. The number of urea groups is 1. The molecule has 2 aliphatic heterocycles. The van der Waals surface area contributed by atoms with Gasteiger partial charge in [0.25, 0.3) is 0 Å². The van der Waals surface area contributed by atoms with Gasteiger partial charge in [-0.2, -0.15) is 0 Å². The number of aryl methyl sites for hydroxylation is 2. The average molecular weight is 515 g/mol. The molecule has 204 valence electrons. The summed E-state index contributed by atoms with van der Waals surface area (Å²) in [6.45, 7) is 13.2. The maximum Gasteiger partial charge on any atom is 0.321 e. The second-order valence-electron chi connectivity index (χ2n) is 11.6. The number of hydrogen-bond donors (Lipinski definition) is 2. The van der Waals surface area contributed by atoms with Crippen molar-refractivity contribution in [1.29, 1.82) is 0 Å². The van der Waals surface area contributed by atoms with Gasteiger partial charge in [-0.25, -0.2) is 4.79 Å². The second kappa shape index (κ2) is 11.5. The zero-order valence-electron chi connectivity index (χ0n) is 23.1. The SMILES string of the molecule is CC(=O)NC(CCC(=O)OC(C)(C)C)C(=O)N1CCC2(CCN(C(=O)Nc3ccc(C)cc3C)CC2)C1. The van der Waals surface area contributed by atoms with Crippen molar-refractivity contribution in [2.24, 2.45) is 5.41 Å². The largest absolute Gasteiger partial charge is 0.460 e. The van der Waals surface area contributed by atoms with Gasteiger partial charge in [0.1, 0.15) is 11.6 Å². The minimum absolute atomic E-state index is 0.0296. The summed E-state index contributed by atoms with van der Waals surface area (Å²) in [6.07, 6.45) is 2.75. The van der Waals surface area contributed by atoms with Crippen molar-refractivity contribution in [3.8, 4) is 0 Å². The quantitative estimate of drug-likeness (QED) is 0.562. The summed E-state index contributed by atoms with van der Waals surface area (Å²) in [5, 5.41) is 5.75. The van der Waals surface area contributed by atoms with Crippen molar-refractivity contribution >= 4 is 29.5 Å². The van der Waals surface area contributed by atoms with Gasteiger partial charge in [-0.1, -0.05) is 17.7 Å². The van der Waals surface area contributed by atoms with Crippen LogP contribution in [-0.2, 0) is 19.1 Å². The lowest BCUT2D eigenvalue weighted by Gasteiger charge is -2.39. The van der Waals surface area contributed by atoms with Crippen molar-refractivity contribution in [3.63, 3.8) is 0 Å². The van der Waals surface area contributed by atoms with E-state index in [4.69, 9.17) is 4.74 Å². The van der Waals surface area contributed by atoms with E-state index in [0.717, 1.165) is 36.1 Å². The van der Waals surface area contributed by atoms with Crippen LogP contribution in [0.25, 0.3) is 0 Å². The molecule has 2 N–H and O–H groups in total. The molecule has 2 saturated heterocycles. The van der Waals surface area contributed by atoms with E-state index in [1.165, 1.54) is 6.92 Å². The Bertz CT molecular complexity index is 1020. The van der Waals surface area contributed by atoms with Crippen LogP contribution in [0.4, 0.5) is 10.5 Å². The Morgan fingerprint density at radius 2 is 1.65 bits per heavy atom. The molecule has 0 radical (unpaired) electrons. The number of nitrogens with zero attached hydrogens (tertiary/aromatic N) is 2. The van der Waals surface area contributed by atoms with Gasteiger partial charge in [0.2, 0.25) is 11.8 Å². The molecule has 37 heavy (non-hydrogen) atoms. The normalized spacial score (nSPS) is 17.9. The van der Waals surface area contributed by atoms with Crippen LogP contribution in [0.5, 0.6) is 0 Å². The maximum atomic E-state index is 13.3. The summed E-state index contributed by atoms with van der Waals surface area (Å²) >= 11 is 0.